The van der Waals surface area contributed by atoms with Gasteiger partial charge in [-0.2, -0.15) is 0 Å². The quantitative estimate of drug-likeness (QED) is 0.553. The van der Waals surface area contributed by atoms with E-state index in [2.05, 4.69) is 10.3 Å². The molecular weight excluding hydrogens is 272 g/mol. The molecule has 8 nitrogen and oxygen atoms in total. The number of nitrogens with zero attached hydrogens (tertiary/aromatic N) is 1. The Morgan fingerprint density at radius 1 is 1.47 bits per heavy atom. The van der Waals surface area contributed by atoms with Crippen molar-refractivity contribution in [2.24, 2.45) is 5.73 Å². The summed E-state index contributed by atoms with van der Waals surface area (Å²) in [5, 5.41) is 11.5. The van der Waals surface area contributed by atoms with Crippen LogP contribution in [0.15, 0.2) is 0 Å². The highest BCUT2D eigenvalue weighted by atomic mass is 32.1. The van der Waals surface area contributed by atoms with Crippen molar-refractivity contribution < 1.29 is 19.5 Å². The van der Waals surface area contributed by atoms with Gasteiger partial charge in [-0.15, -0.1) is 0 Å². The van der Waals surface area contributed by atoms with E-state index in [0.29, 0.717) is 5.69 Å². The molecule has 1 aromatic rings. The summed E-state index contributed by atoms with van der Waals surface area (Å²) in [7, 11) is 0. The van der Waals surface area contributed by atoms with E-state index in [0.717, 1.165) is 11.3 Å². The summed E-state index contributed by atoms with van der Waals surface area (Å²) in [5.74, 6) is -2.44. The zero-order chi connectivity index (χ0) is 14.6. The number of aliphatic carboxylic acids is 1. The van der Waals surface area contributed by atoms with Crippen molar-refractivity contribution in [1.82, 2.24) is 10.3 Å². The molecule has 0 spiro atoms. The van der Waals surface area contributed by atoms with E-state index >= 15 is 0 Å². The number of hydrogen-bond donors (Lipinski definition) is 4. The predicted molar refractivity (Wildman–Crippen MR) is 68.6 cm³/mol. The summed E-state index contributed by atoms with van der Waals surface area (Å²) in [6.45, 7) is 1.60. The average Bonchev–Trinajstić information content (AvgIpc) is 2.62. The van der Waals surface area contributed by atoms with E-state index < -0.39 is 23.8 Å². The largest absolute Gasteiger partial charge is 0.480 e. The van der Waals surface area contributed by atoms with Gasteiger partial charge in [-0.3, -0.25) is 9.59 Å². The Morgan fingerprint density at radius 3 is 2.53 bits per heavy atom. The molecule has 0 radical (unpaired) electrons. The molecule has 0 aliphatic heterocycles. The Balaban J connectivity index is 2.74. The first kappa shape index (κ1) is 14.9. The Labute approximate surface area is 112 Å². The van der Waals surface area contributed by atoms with Crippen molar-refractivity contribution in [3.8, 4) is 0 Å². The number of aromatic nitrogens is 1. The molecule has 9 heteroatoms. The predicted octanol–water partition coefficient (Wildman–Crippen LogP) is -0.518. The van der Waals surface area contributed by atoms with Gasteiger partial charge in [-0.1, -0.05) is 11.3 Å². The van der Waals surface area contributed by atoms with Crippen LogP contribution >= 0.6 is 11.3 Å². The zero-order valence-corrected chi connectivity index (χ0v) is 11.0. The van der Waals surface area contributed by atoms with E-state index in [1.54, 1.807) is 6.92 Å². The third kappa shape index (κ3) is 4.21. The highest BCUT2D eigenvalue weighted by Crippen LogP contribution is 2.19. The lowest BCUT2D eigenvalue weighted by Crippen LogP contribution is -2.41. The molecule has 19 heavy (non-hydrogen) atoms. The van der Waals surface area contributed by atoms with Crippen molar-refractivity contribution >= 4 is 34.3 Å². The van der Waals surface area contributed by atoms with Gasteiger partial charge in [0, 0.05) is 6.42 Å². The molecule has 0 saturated heterocycles. The lowest BCUT2D eigenvalue weighted by Gasteiger charge is -2.12. The normalized spacial score (nSPS) is 11.8. The van der Waals surface area contributed by atoms with Crippen molar-refractivity contribution in [3.63, 3.8) is 0 Å². The molecule has 104 valence electrons. The van der Waals surface area contributed by atoms with Crippen LogP contribution in [0.3, 0.4) is 0 Å². The van der Waals surface area contributed by atoms with Crippen molar-refractivity contribution in [1.29, 1.82) is 0 Å². The van der Waals surface area contributed by atoms with Gasteiger partial charge in [0.15, 0.2) is 5.13 Å². The van der Waals surface area contributed by atoms with Gasteiger partial charge in [-0.05, 0) is 13.3 Å². The van der Waals surface area contributed by atoms with Gasteiger partial charge in [0.2, 0.25) is 5.91 Å². The fourth-order valence-corrected chi connectivity index (χ4v) is 2.13. The molecule has 2 amide bonds. The first-order chi connectivity index (χ1) is 8.81. The first-order valence-electron chi connectivity index (χ1n) is 5.36. The summed E-state index contributed by atoms with van der Waals surface area (Å²) in [6, 6.07) is -1.18. The number of nitrogen functional groups attached to an aromatic ring is 1. The van der Waals surface area contributed by atoms with Crippen LogP contribution in [0.2, 0.25) is 0 Å². The van der Waals surface area contributed by atoms with Gasteiger partial charge in [0.1, 0.15) is 10.9 Å². The number of nitrogens with two attached hydrogens (primary N) is 2. The van der Waals surface area contributed by atoms with Crippen LogP contribution in [0.1, 0.15) is 28.2 Å². The molecule has 0 fully saturated rings. The number of carbonyl (C=O) groups excluding carboxylic acids is 2. The molecule has 1 atom stereocenters. The number of anilines is 1. The third-order valence-corrected chi connectivity index (χ3v) is 3.29. The van der Waals surface area contributed by atoms with Gasteiger partial charge >= 0.3 is 5.97 Å². The van der Waals surface area contributed by atoms with E-state index in [1.807, 2.05) is 0 Å². The lowest BCUT2D eigenvalue weighted by atomic mass is 10.1. The fourth-order valence-electron chi connectivity index (χ4n) is 1.40. The minimum Gasteiger partial charge on any atom is -0.480 e. The highest BCUT2D eigenvalue weighted by Gasteiger charge is 2.23. The van der Waals surface area contributed by atoms with Crippen LogP contribution in [-0.2, 0) is 9.59 Å². The SMILES string of the molecule is Cc1nc(N)sc1C(=O)NC(CCC(N)=O)C(=O)O. The van der Waals surface area contributed by atoms with Crippen LogP contribution in [0.25, 0.3) is 0 Å². The minimum absolute atomic E-state index is 0.0657. The fraction of sp³-hybridized carbons (Fsp3) is 0.400. The first-order valence-corrected chi connectivity index (χ1v) is 6.17. The second-order valence-corrected chi connectivity index (χ2v) is 4.87. The minimum atomic E-state index is -1.23. The summed E-state index contributed by atoms with van der Waals surface area (Å²) in [5.41, 5.74) is 10.8. The molecule has 0 saturated carbocycles. The number of carboxylic acids is 1. The second-order valence-electron chi connectivity index (χ2n) is 3.84. The van der Waals surface area contributed by atoms with Gasteiger partial charge in [0.25, 0.3) is 5.91 Å². The maximum atomic E-state index is 11.9. The molecule has 1 unspecified atom stereocenters. The highest BCUT2D eigenvalue weighted by molar-refractivity contribution is 7.17. The maximum Gasteiger partial charge on any atom is 0.326 e. The second kappa shape index (κ2) is 6.14. The van der Waals surface area contributed by atoms with Crippen molar-refractivity contribution in [2.75, 3.05) is 5.73 Å². The Morgan fingerprint density at radius 2 is 2.11 bits per heavy atom. The van der Waals surface area contributed by atoms with Crippen LogP contribution in [0, 0.1) is 6.92 Å². The molecule has 1 rings (SSSR count). The van der Waals surface area contributed by atoms with E-state index in [-0.39, 0.29) is 22.9 Å². The summed E-state index contributed by atoms with van der Waals surface area (Å²) < 4.78 is 0. The number of amides is 2. The van der Waals surface area contributed by atoms with Gasteiger partial charge < -0.3 is 21.9 Å². The number of carbonyl (C=O) groups is 3. The number of hydrogen-bond acceptors (Lipinski definition) is 6. The molecule has 1 heterocycles. The Hall–Kier alpha value is -2.16. The standard InChI is InChI=1S/C10H14N4O4S/c1-4-7(19-10(12)13-4)8(16)14-5(9(17)18)2-3-6(11)15/h5H,2-3H2,1H3,(H2,11,15)(H2,12,13)(H,14,16)(H,17,18). The Kier molecular flexibility index (Phi) is 4.81. The van der Waals surface area contributed by atoms with E-state index in [1.165, 1.54) is 0 Å². The van der Waals surface area contributed by atoms with Crippen LogP contribution < -0.4 is 16.8 Å². The van der Waals surface area contributed by atoms with E-state index in [9.17, 15) is 14.4 Å². The smallest absolute Gasteiger partial charge is 0.326 e. The number of aryl methyl sites for hydroxylation is 1. The number of nitrogens with one attached hydrogen (secondary N) is 1. The summed E-state index contributed by atoms with van der Waals surface area (Å²) in [4.78, 5) is 37.6. The van der Waals surface area contributed by atoms with Crippen LogP contribution in [0.4, 0.5) is 5.13 Å². The molecule has 0 aliphatic rings. The number of thiazole rings is 1. The monoisotopic (exact) mass is 286 g/mol. The van der Waals surface area contributed by atoms with Crippen molar-refractivity contribution in [2.45, 2.75) is 25.8 Å². The molecule has 0 aromatic carbocycles. The molecule has 0 bridgehead atoms. The van der Waals surface area contributed by atoms with Crippen LogP contribution in [-0.4, -0.2) is 33.9 Å². The third-order valence-electron chi connectivity index (χ3n) is 2.30. The molecule has 0 aliphatic carbocycles. The topological polar surface area (TPSA) is 148 Å². The average molecular weight is 286 g/mol. The summed E-state index contributed by atoms with van der Waals surface area (Å²) in [6.07, 6.45) is -0.190. The van der Waals surface area contributed by atoms with E-state index in [4.69, 9.17) is 16.6 Å². The van der Waals surface area contributed by atoms with Crippen LogP contribution in [0.5, 0.6) is 0 Å². The molecule has 6 N–H and O–H groups in total. The van der Waals surface area contributed by atoms with Crippen molar-refractivity contribution in [3.05, 3.63) is 10.6 Å². The zero-order valence-electron chi connectivity index (χ0n) is 10.2. The molecular formula is C10H14N4O4S. The molecule has 1 aromatic heterocycles. The summed E-state index contributed by atoms with van der Waals surface area (Å²) >= 11 is 0.971. The number of carboxylic acid groups (broad SMARTS) is 1. The van der Waals surface area contributed by atoms with Gasteiger partial charge in [-0.25, -0.2) is 9.78 Å². The number of rotatable bonds is 6. The number of primary amides is 1. The Bertz CT molecular complexity index is 514. The maximum absolute atomic E-state index is 11.9. The lowest BCUT2D eigenvalue weighted by molar-refractivity contribution is -0.139. The van der Waals surface area contributed by atoms with Gasteiger partial charge in [0.05, 0.1) is 5.69 Å².